The molecule has 1 N–H and O–H groups in total. The molecule has 0 aliphatic heterocycles. The van der Waals surface area contributed by atoms with E-state index in [0.29, 0.717) is 18.7 Å². The largest absolute Gasteiger partial charge is 0.481 e. The van der Waals surface area contributed by atoms with E-state index in [0.717, 1.165) is 40.5 Å². The Labute approximate surface area is 156 Å². The van der Waals surface area contributed by atoms with Crippen LogP contribution in [0.3, 0.4) is 0 Å². The van der Waals surface area contributed by atoms with Gasteiger partial charge in [-0.05, 0) is 48.2 Å². The van der Waals surface area contributed by atoms with Gasteiger partial charge in [-0.25, -0.2) is 14.4 Å². The van der Waals surface area contributed by atoms with Crippen LogP contribution in [0.15, 0.2) is 55.1 Å². The Morgan fingerprint density at radius 1 is 1.04 bits per heavy atom. The molecule has 4 aromatic rings. The average Bonchev–Trinajstić information content (AvgIpc) is 3.10. The lowest BCUT2D eigenvalue weighted by atomic mass is 10.1. The van der Waals surface area contributed by atoms with E-state index in [-0.39, 0.29) is 5.82 Å². The molecule has 0 saturated heterocycles. The summed E-state index contributed by atoms with van der Waals surface area (Å²) in [5, 5.41) is 1.13. The number of nitrogens with zero attached hydrogens (tertiary/aromatic N) is 3. The summed E-state index contributed by atoms with van der Waals surface area (Å²) in [5.74, 6) is 0.100. The number of hydrogen-bond acceptors (Lipinski definition) is 4. The van der Waals surface area contributed by atoms with E-state index in [1.165, 1.54) is 18.7 Å². The van der Waals surface area contributed by atoms with Crippen molar-refractivity contribution in [2.75, 3.05) is 7.11 Å². The SMILES string of the molecule is COc1ncc(F)cc1CCc1ccc(Cc2c[nH]c3ncccc23)cn1. The summed E-state index contributed by atoms with van der Waals surface area (Å²) >= 11 is 0. The fourth-order valence-electron chi connectivity index (χ4n) is 3.18. The number of nitrogens with one attached hydrogen (secondary N) is 1. The van der Waals surface area contributed by atoms with E-state index in [2.05, 4.69) is 32.1 Å². The molecule has 0 spiro atoms. The van der Waals surface area contributed by atoms with Crippen LogP contribution in [-0.2, 0) is 19.3 Å². The van der Waals surface area contributed by atoms with Gasteiger partial charge in [0.2, 0.25) is 5.88 Å². The molecule has 5 nitrogen and oxygen atoms in total. The average molecular weight is 362 g/mol. The first-order valence-electron chi connectivity index (χ1n) is 8.76. The summed E-state index contributed by atoms with van der Waals surface area (Å²) in [4.78, 5) is 16.0. The third-order valence-electron chi connectivity index (χ3n) is 4.55. The Hall–Kier alpha value is -3.28. The van der Waals surface area contributed by atoms with Crippen LogP contribution in [0, 0.1) is 5.82 Å². The van der Waals surface area contributed by atoms with Crippen LogP contribution >= 0.6 is 0 Å². The number of aryl methyl sites for hydroxylation is 2. The zero-order valence-electron chi connectivity index (χ0n) is 14.9. The molecular weight excluding hydrogens is 343 g/mol. The highest BCUT2D eigenvalue weighted by molar-refractivity contribution is 5.79. The minimum Gasteiger partial charge on any atom is -0.481 e. The van der Waals surface area contributed by atoms with Crippen molar-refractivity contribution in [2.45, 2.75) is 19.3 Å². The number of aromatic amines is 1. The van der Waals surface area contributed by atoms with Crippen molar-refractivity contribution >= 4 is 11.0 Å². The van der Waals surface area contributed by atoms with Crippen molar-refractivity contribution in [3.8, 4) is 5.88 Å². The van der Waals surface area contributed by atoms with Crippen molar-refractivity contribution in [3.05, 3.63) is 83.3 Å². The summed E-state index contributed by atoms with van der Waals surface area (Å²) in [5.41, 5.74) is 4.92. The molecular formula is C21H19FN4O. The number of H-pyrrole nitrogens is 1. The van der Waals surface area contributed by atoms with Gasteiger partial charge in [-0.1, -0.05) is 6.07 Å². The molecule has 0 atom stereocenters. The molecule has 0 aromatic carbocycles. The summed E-state index contributed by atoms with van der Waals surface area (Å²) in [6, 6.07) is 9.57. The second kappa shape index (κ2) is 7.53. The van der Waals surface area contributed by atoms with Crippen molar-refractivity contribution in [3.63, 3.8) is 0 Å². The number of methoxy groups -OCH3 is 1. The van der Waals surface area contributed by atoms with Gasteiger partial charge >= 0.3 is 0 Å². The number of ether oxygens (including phenoxy) is 1. The quantitative estimate of drug-likeness (QED) is 0.565. The standard InChI is InChI=1S/C21H19FN4O/c1-27-21-15(10-17(22)13-26-21)5-7-18-6-4-14(11-24-18)9-16-12-25-20-19(16)3-2-8-23-20/h2-4,6,8,10-13H,5,7,9H2,1H3,(H,23,25). The second-order valence-electron chi connectivity index (χ2n) is 6.37. The third kappa shape index (κ3) is 3.79. The van der Waals surface area contributed by atoms with Crippen LogP contribution in [0.5, 0.6) is 5.88 Å². The normalized spacial score (nSPS) is 11.0. The molecule has 0 aliphatic carbocycles. The van der Waals surface area contributed by atoms with E-state index in [9.17, 15) is 4.39 Å². The number of pyridine rings is 3. The molecule has 0 radical (unpaired) electrons. The van der Waals surface area contributed by atoms with Crippen LogP contribution in [-0.4, -0.2) is 27.0 Å². The monoisotopic (exact) mass is 362 g/mol. The Morgan fingerprint density at radius 2 is 1.96 bits per heavy atom. The highest BCUT2D eigenvalue weighted by Gasteiger charge is 2.08. The number of halogens is 1. The van der Waals surface area contributed by atoms with Gasteiger partial charge in [-0.2, -0.15) is 0 Å². The van der Waals surface area contributed by atoms with Gasteiger partial charge in [-0.3, -0.25) is 4.98 Å². The second-order valence-corrected chi connectivity index (χ2v) is 6.37. The Bertz CT molecular complexity index is 1060. The molecule has 0 aliphatic rings. The van der Waals surface area contributed by atoms with Crippen molar-refractivity contribution in [2.24, 2.45) is 0 Å². The molecule has 4 rings (SSSR count). The maximum Gasteiger partial charge on any atom is 0.216 e. The molecule has 4 aromatic heterocycles. The van der Waals surface area contributed by atoms with Gasteiger partial charge in [0, 0.05) is 41.7 Å². The molecule has 0 amide bonds. The maximum atomic E-state index is 13.4. The minimum absolute atomic E-state index is 0.359. The molecule has 0 fully saturated rings. The van der Waals surface area contributed by atoms with Crippen LogP contribution in [0.1, 0.15) is 22.4 Å². The summed E-state index contributed by atoms with van der Waals surface area (Å²) < 4.78 is 18.6. The fraction of sp³-hybridized carbons (Fsp3) is 0.190. The predicted octanol–water partition coefficient (Wildman–Crippen LogP) is 3.88. The first kappa shape index (κ1) is 17.1. The van der Waals surface area contributed by atoms with E-state index >= 15 is 0 Å². The molecule has 0 unspecified atom stereocenters. The highest BCUT2D eigenvalue weighted by Crippen LogP contribution is 2.20. The van der Waals surface area contributed by atoms with Crippen molar-refractivity contribution in [1.29, 1.82) is 0 Å². The maximum absolute atomic E-state index is 13.4. The molecule has 136 valence electrons. The van der Waals surface area contributed by atoms with Crippen LogP contribution in [0.2, 0.25) is 0 Å². The topological polar surface area (TPSA) is 63.7 Å². The number of aromatic nitrogens is 4. The van der Waals surface area contributed by atoms with Crippen LogP contribution in [0.4, 0.5) is 4.39 Å². The first-order chi connectivity index (χ1) is 13.2. The molecule has 6 heteroatoms. The van der Waals surface area contributed by atoms with E-state index in [4.69, 9.17) is 4.74 Å². The zero-order chi connectivity index (χ0) is 18.6. The van der Waals surface area contributed by atoms with Crippen molar-refractivity contribution < 1.29 is 9.13 Å². The Balaban J connectivity index is 1.44. The lowest BCUT2D eigenvalue weighted by molar-refractivity contribution is 0.390. The van der Waals surface area contributed by atoms with Crippen LogP contribution in [0.25, 0.3) is 11.0 Å². The van der Waals surface area contributed by atoms with Gasteiger partial charge < -0.3 is 9.72 Å². The first-order valence-corrected chi connectivity index (χ1v) is 8.76. The fourth-order valence-corrected chi connectivity index (χ4v) is 3.18. The Kier molecular flexibility index (Phi) is 4.78. The van der Waals surface area contributed by atoms with Gasteiger partial charge in [0.05, 0.1) is 13.3 Å². The van der Waals surface area contributed by atoms with Crippen molar-refractivity contribution in [1.82, 2.24) is 19.9 Å². The van der Waals surface area contributed by atoms with E-state index in [1.54, 1.807) is 6.20 Å². The molecule has 4 heterocycles. The van der Waals surface area contributed by atoms with Gasteiger partial charge in [0.1, 0.15) is 11.5 Å². The number of fused-ring (bicyclic) bond motifs is 1. The zero-order valence-corrected chi connectivity index (χ0v) is 14.9. The van der Waals surface area contributed by atoms with E-state index < -0.39 is 0 Å². The smallest absolute Gasteiger partial charge is 0.216 e. The lowest BCUT2D eigenvalue weighted by Crippen LogP contribution is -2.00. The van der Waals surface area contributed by atoms with Gasteiger partial charge in [0.15, 0.2) is 0 Å². The van der Waals surface area contributed by atoms with Gasteiger partial charge in [0.25, 0.3) is 0 Å². The minimum atomic E-state index is -0.359. The Morgan fingerprint density at radius 3 is 2.78 bits per heavy atom. The third-order valence-corrected chi connectivity index (χ3v) is 4.55. The number of rotatable bonds is 6. The highest BCUT2D eigenvalue weighted by atomic mass is 19.1. The summed E-state index contributed by atoms with van der Waals surface area (Å²) in [6.07, 6.45) is 8.94. The van der Waals surface area contributed by atoms with Gasteiger partial charge in [-0.15, -0.1) is 0 Å². The predicted molar refractivity (Wildman–Crippen MR) is 101 cm³/mol. The molecule has 0 saturated carbocycles. The van der Waals surface area contributed by atoms with E-state index in [1.807, 2.05) is 24.5 Å². The number of hydrogen-bond donors (Lipinski definition) is 1. The summed E-state index contributed by atoms with van der Waals surface area (Å²) in [7, 11) is 1.54. The van der Waals surface area contributed by atoms with Crippen LogP contribution < -0.4 is 4.74 Å². The summed E-state index contributed by atoms with van der Waals surface area (Å²) in [6.45, 7) is 0. The molecule has 27 heavy (non-hydrogen) atoms. The molecule has 0 bridgehead atoms. The lowest BCUT2D eigenvalue weighted by Gasteiger charge is -2.07.